The van der Waals surface area contributed by atoms with Crippen LogP contribution in [0.4, 0.5) is 0 Å². The minimum atomic E-state index is -0.508. The average Bonchev–Trinajstić information content (AvgIpc) is 3.20. The predicted octanol–water partition coefficient (Wildman–Crippen LogP) is 3.20. The Bertz CT molecular complexity index is 555. The van der Waals surface area contributed by atoms with Crippen molar-refractivity contribution in [3.63, 3.8) is 0 Å². The molecule has 0 amide bonds. The molecule has 1 aromatic carbocycles. The number of nitrogens with zero attached hydrogens (tertiary/aromatic N) is 1. The summed E-state index contributed by atoms with van der Waals surface area (Å²) in [6.07, 6.45) is 4.13. The Morgan fingerprint density at radius 3 is 2.63 bits per heavy atom. The first-order valence-corrected chi connectivity index (χ1v) is 9.89. The van der Waals surface area contributed by atoms with Gasteiger partial charge in [0.1, 0.15) is 0 Å². The van der Waals surface area contributed by atoms with Crippen LogP contribution in [0.15, 0.2) is 30.3 Å². The van der Waals surface area contributed by atoms with E-state index in [-0.39, 0.29) is 24.5 Å². The van der Waals surface area contributed by atoms with Crippen LogP contribution in [0.25, 0.3) is 0 Å². The van der Waals surface area contributed by atoms with E-state index in [9.17, 15) is 4.79 Å². The SMILES string of the molecule is CCOC(=O)C1(c2ccccc2)CCN(CCOCC2CCCO2)CC1.Cl. The standard InChI is InChI=1S/C21H31NO4.ClH/c1-2-25-20(23)21(18-7-4-3-5-8-18)10-12-22(13-11-21)14-16-24-17-19-9-6-15-26-19;/h3-5,7-8,19H,2,6,9-17H2,1H3;1H. The van der Waals surface area contributed by atoms with E-state index in [4.69, 9.17) is 14.2 Å². The lowest BCUT2D eigenvalue weighted by atomic mass is 9.72. The fourth-order valence-corrected chi connectivity index (χ4v) is 3.98. The molecule has 6 heteroatoms. The van der Waals surface area contributed by atoms with Gasteiger partial charge in [-0.15, -0.1) is 12.4 Å². The summed E-state index contributed by atoms with van der Waals surface area (Å²) < 4.78 is 16.8. The van der Waals surface area contributed by atoms with E-state index < -0.39 is 5.41 Å². The van der Waals surface area contributed by atoms with Crippen LogP contribution in [-0.4, -0.2) is 63.0 Å². The van der Waals surface area contributed by atoms with Gasteiger partial charge < -0.3 is 19.1 Å². The van der Waals surface area contributed by atoms with Crippen LogP contribution in [0.1, 0.15) is 38.2 Å². The number of halogens is 1. The van der Waals surface area contributed by atoms with Crippen molar-refractivity contribution in [2.75, 3.05) is 46.1 Å². The molecule has 0 N–H and O–H groups in total. The van der Waals surface area contributed by atoms with Gasteiger partial charge in [-0.1, -0.05) is 30.3 Å². The van der Waals surface area contributed by atoms with Crippen molar-refractivity contribution in [3.8, 4) is 0 Å². The van der Waals surface area contributed by atoms with Gasteiger partial charge >= 0.3 is 5.97 Å². The summed E-state index contributed by atoms with van der Waals surface area (Å²) in [6, 6.07) is 10.1. The first kappa shape index (κ1) is 22.2. The number of ether oxygens (including phenoxy) is 3. The maximum atomic E-state index is 12.8. The molecule has 27 heavy (non-hydrogen) atoms. The molecule has 2 fully saturated rings. The molecule has 152 valence electrons. The molecule has 2 saturated heterocycles. The third-order valence-electron chi connectivity index (χ3n) is 5.58. The molecule has 0 aliphatic carbocycles. The highest BCUT2D eigenvalue weighted by Gasteiger charge is 2.44. The maximum Gasteiger partial charge on any atom is 0.316 e. The Morgan fingerprint density at radius 2 is 2.00 bits per heavy atom. The molecular weight excluding hydrogens is 366 g/mol. The number of benzene rings is 1. The molecule has 0 spiro atoms. The summed E-state index contributed by atoms with van der Waals surface area (Å²) in [5.41, 5.74) is 0.569. The third-order valence-corrected chi connectivity index (χ3v) is 5.58. The fourth-order valence-electron chi connectivity index (χ4n) is 3.98. The van der Waals surface area contributed by atoms with Gasteiger partial charge in [-0.3, -0.25) is 4.79 Å². The van der Waals surface area contributed by atoms with Gasteiger partial charge in [-0.05, 0) is 51.3 Å². The zero-order valence-electron chi connectivity index (χ0n) is 16.2. The van der Waals surface area contributed by atoms with Crippen LogP contribution in [0.3, 0.4) is 0 Å². The number of carbonyl (C=O) groups excluding carboxylic acids is 1. The molecule has 5 nitrogen and oxygen atoms in total. The van der Waals surface area contributed by atoms with E-state index in [0.717, 1.165) is 64.1 Å². The molecule has 0 radical (unpaired) electrons. The van der Waals surface area contributed by atoms with Gasteiger partial charge in [0.05, 0.1) is 31.3 Å². The van der Waals surface area contributed by atoms with E-state index in [1.54, 1.807) is 0 Å². The average molecular weight is 398 g/mol. The zero-order chi connectivity index (χ0) is 18.2. The normalized spacial score (nSPS) is 22.2. The first-order chi connectivity index (χ1) is 12.7. The Hall–Kier alpha value is -1.14. The first-order valence-electron chi connectivity index (χ1n) is 9.89. The summed E-state index contributed by atoms with van der Waals surface area (Å²) >= 11 is 0. The summed E-state index contributed by atoms with van der Waals surface area (Å²) in [5, 5.41) is 0. The number of likely N-dealkylation sites (tertiary alicyclic amines) is 1. The molecule has 2 heterocycles. The van der Waals surface area contributed by atoms with Crippen molar-refractivity contribution < 1.29 is 19.0 Å². The minimum absolute atomic E-state index is 0. The van der Waals surface area contributed by atoms with Gasteiger partial charge in [0.2, 0.25) is 0 Å². The topological polar surface area (TPSA) is 48.0 Å². The number of piperidine rings is 1. The second kappa shape index (κ2) is 11.0. The second-order valence-electron chi connectivity index (χ2n) is 7.22. The smallest absolute Gasteiger partial charge is 0.316 e. The van der Waals surface area contributed by atoms with E-state index in [2.05, 4.69) is 17.0 Å². The van der Waals surface area contributed by atoms with Crippen molar-refractivity contribution in [2.24, 2.45) is 0 Å². The van der Waals surface area contributed by atoms with Gasteiger partial charge in [-0.25, -0.2) is 0 Å². The maximum absolute atomic E-state index is 12.8. The molecule has 3 rings (SSSR count). The van der Waals surface area contributed by atoms with Crippen LogP contribution in [0, 0.1) is 0 Å². The summed E-state index contributed by atoms with van der Waals surface area (Å²) in [4.78, 5) is 15.1. The largest absolute Gasteiger partial charge is 0.465 e. The van der Waals surface area contributed by atoms with E-state index in [0.29, 0.717) is 13.2 Å². The molecule has 0 saturated carbocycles. The van der Waals surface area contributed by atoms with Gasteiger partial charge in [-0.2, -0.15) is 0 Å². The monoisotopic (exact) mass is 397 g/mol. The molecule has 0 aromatic heterocycles. The minimum Gasteiger partial charge on any atom is -0.465 e. The van der Waals surface area contributed by atoms with E-state index in [1.807, 2.05) is 25.1 Å². The van der Waals surface area contributed by atoms with Crippen molar-refractivity contribution in [3.05, 3.63) is 35.9 Å². The second-order valence-corrected chi connectivity index (χ2v) is 7.22. The molecule has 2 aliphatic heterocycles. The van der Waals surface area contributed by atoms with Crippen LogP contribution >= 0.6 is 12.4 Å². The fraction of sp³-hybridized carbons (Fsp3) is 0.667. The lowest BCUT2D eigenvalue weighted by Crippen LogP contribution is -2.48. The predicted molar refractivity (Wildman–Crippen MR) is 107 cm³/mol. The quantitative estimate of drug-likeness (QED) is 0.498. The van der Waals surface area contributed by atoms with E-state index in [1.165, 1.54) is 0 Å². The molecule has 1 atom stereocenters. The van der Waals surface area contributed by atoms with E-state index >= 15 is 0 Å². The highest BCUT2D eigenvalue weighted by Crippen LogP contribution is 2.36. The van der Waals surface area contributed by atoms with Crippen LogP contribution in [0.5, 0.6) is 0 Å². The lowest BCUT2D eigenvalue weighted by molar-refractivity contribution is -0.152. The Morgan fingerprint density at radius 1 is 1.26 bits per heavy atom. The number of hydrogen-bond donors (Lipinski definition) is 0. The lowest BCUT2D eigenvalue weighted by Gasteiger charge is -2.40. The third kappa shape index (κ3) is 5.67. The van der Waals surface area contributed by atoms with Gasteiger partial charge in [0.15, 0.2) is 0 Å². The van der Waals surface area contributed by atoms with Crippen LogP contribution < -0.4 is 0 Å². The number of rotatable bonds is 8. The summed E-state index contributed by atoms with van der Waals surface area (Å²) in [7, 11) is 0. The summed E-state index contributed by atoms with van der Waals surface area (Å²) in [6.45, 7) is 7.26. The number of carbonyl (C=O) groups is 1. The van der Waals surface area contributed by atoms with Crippen molar-refractivity contribution in [1.82, 2.24) is 4.90 Å². The van der Waals surface area contributed by atoms with Crippen molar-refractivity contribution in [2.45, 2.75) is 44.1 Å². The highest BCUT2D eigenvalue weighted by atomic mass is 35.5. The van der Waals surface area contributed by atoms with Crippen LogP contribution in [-0.2, 0) is 24.4 Å². The Labute approximate surface area is 168 Å². The van der Waals surface area contributed by atoms with Crippen molar-refractivity contribution >= 4 is 18.4 Å². The Kier molecular flexibility index (Phi) is 9.03. The molecular formula is C21H32ClNO4. The number of hydrogen-bond acceptors (Lipinski definition) is 5. The zero-order valence-corrected chi connectivity index (χ0v) is 17.0. The molecule has 1 aromatic rings. The summed E-state index contributed by atoms with van der Waals surface area (Å²) in [5.74, 6) is -0.0829. The molecule has 0 bridgehead atoms. The van der Waals surface area contributed by atoms with Crippen LogP contribution in [0.2, 0.25) is 0 Å². The highest BCUT2D eigenvalue weighted by molar-refractivity contribution is 5.85. The van der Waals surface area contributed by atoms with Crippen molar-refractivity contribution in [1.29, 1.82) is 0 Å². The van der Waals surface area contributed by atoms with Gasteiger partial charge in [0, 0.05) is 13.2 Å². The Balaban J connectivity index is 0.00000261. The van der Waals surface area contributed by atoms with Gasteiger partial charge in [0.25, 0.3) is 0 Å². The number of esters is 1. The molecule has 2 aliphatic rings. The molecule has 1 unspecified atom stereocenters.